The first kappa shape index (κ1) is 42.5. The maximum atomic E-state index is 14.5. The average molecular weight is 779 g/mol. The van der Waals surface area contributed by atoms with Crippen LogP contribution in [-0.4, -0.2) is 137 Å². The van der Waals surface area contributed by atoms with Gasteiger partial charge in [0.2, 0.25) is 6.67 Å². The molecule has 13 atom stereocenters. The molecule has 1 N–H and O–H groups in total. The summed E-state index contributed by atoms with van der Waals surface area (Å²) in [7, 11) is 5.30. The minimum absolute atomic E-state index is 0.117. The van der Waals surface area contributed by atoms with E-state index in [9.17, 15) is 24.7 Å². The van der Waals surface area contributed by atoms with Crippen LogP contribution < -0.4 is 0 Å². The molecule has 0 saturated carbocycles. The zero-order chi connectivity index (χ0) is 39.9. The molecular formula is C39H62N4O10S. The van der Waals surface area contributed by atoms with E-state index in [-0.39, 0.29) is 25.2 Å². The summed E-state index contributed by atoms with van der Waals surface area (Å²) in [4.78, 5) is 45.5. The van der Waals surface area contributed by atoms with E-state index >= 15 is 0 Å². The van der Waals surface area contributed by atoms with Gasteiger partial charge in [0.1, 0.15) is 24.2 Å². The minimum atomic E-state index is -1.36. The number of aryl methyl sites for hydroxylation is 1. The Morgan fingerprint density at radius 2 is 1.83 bits per heavy atom. The zero-order valence-electron chi connectivity index (χ0n) is 33.9. The number of aliphatic hydroxyl groups excluding tert-OH is 1. The lowest BCUT2D eigenvalue weighted by atomic mass is 9.73. The second-order valence-corrected chi connectivity index (χ2v) is 17.5. The van der Waals surface area contributed by atoms with Gasteiger partial charge in [0.15, 0.2) is 23.4 Å². The lowest BCUT2D eigenvalue weighted by molar-refractivity contribution is -0.494. The molecule has 5 heterocycles. The van der Waals surface area contributed by atoms with Crippen molar-refractivity contribution in [2.24, 2.45) is 23.7 Å². The van der Waals surface area contributed by atoms with Crippen molar-refractivity contribution in [1.29, 1.82) is 0 Å². The molecule has 3 saturated heterocycles. The number of amides is 1. The van der Waals surface area contributed by atoms with Crippen molar-refractivity contribution in [3.05, 3.63) is 27.6 Å². The molecule has 1 aromatic heterocycles. The number of fused-ring (bicyclic) bond motifs is 1. The number of esters is 1. The van der Waals surface area contributed by atoms with Crippen molar-refractivity contribution in [1.82, 2.24) is 14.9 Å². The molecule has 0 aliphatic carbocycles. The van der Waals surface area contributed by atoms with Gasteiger partial charge in [-0.3, -0.25) is 9.59 Å². The van der Waals surface area contributed by atoms with E-state index in [2.05, 4.69) is 6.07 Å². The monoisotopic (exact) mass is 778 g/mol. The number of carbonyl (C=O) groups is 3. The summed E-state index contributed by atoms with van der Waals surface area (Å²) in [6, 6.07) is 3.08. The number of hydrazine groups is 1. The molecule has 4 aliphatic heterocycles. The van der Waals surface area contributed by atoms with E-state index in [1.54, 1.807) is 35.2 Å². The number of ketones is 1. The fourth-order valence-corrected chi connectivity index (χ4v) is 10.2. The SMILES string of the molecule is CC[C@H]1OC(=O)[C@H](C)C(=O)[C@H](C)[C@@H](O[C@@H]2O[C@H](C)C[C@H](N(C)C)[C@H]2O)[C@@](C)(OC)C[C@@H](C)C2=[N+]([O-])CN(CCCc3cccs3)N3C(=O)O[C@@]1(C)[C@H]3[C@H]2C. The summed E-state index contributed by atoms with van der Waals surface area (Å²) in [5.41, 5.74) is -2.05. The summed E-state index contributed by atoms with van der Waals surface area (Å²) in [5.74, 6) is -4.32. The Balaban J connectivity index is 1.60. The van der Waals surface area contributed by atoms with Crippen molar-refractivity contribution in [2.75, 3.05) is 34.4 Å². The molecule has 0 aromatic carbocycles. The molecular weight excluding hydrogens is 717 g/mol. The van der Waals surface area contributed by atoms with Gasteiger partial charge in [-0.25, -0.2) is 9.80 Å². The lowest BCUT2D eigenvalue weighted by Crippen LogP contribution is -2.61. The molecule has 5 rings (SSSR count). The van der Waals surface area contributed by atoms with Gasteiger partial charge in [-0.2, -0.15) is 9.75 Å². The molecule has 15 heteroatoms. The third-order valence-electron chi connectivity index (χ3n) is 12.4. The van der Waals surface area contributed by atoms with Crippen LogP contribution in [0.15, 0.2) is 17.5 Å². The molecule has 0 unspecified atom stereocenters. The number of nitrogens with zero attached hydrogens (tertiary/aromatic N) is 4. The summed E-state index contributed by atoms with van der Waals surface area (Å²) in [6.07, 6.45) is -2.37. The van der Waals surface area contributed by atoms with Crippen LogP contribution in [0.4, 0.5) is 4.79 Å². The second kappa shape index (κ2) is 16.8. The number of thiophene rings is 1. The molecule has 3 fully saturated rings. The zero-order valence-corrected chi connectivity index (χ0v) is 34.7. The standard InChI is InChI=1S/C39H62N4O10S/c1-12-29-39(8)33-24(4)30(42(48)21-41(43(33)37(47)53-39)17-13-15-27-16-14-18-54-27)22(2)20-38(7,49-11)34(25(5)31(44)26(6)35(46)51-29)52-36-32(45)28(40(9)10)19-23(3)50-36/h14,16,18,22-26,28-29,32-34,36,45H,12-13,15,17,19-21H2,1-11H3/t22-,23-,24+,25+,26-,28+,29-,32-,33-,34-,36+,38+,39-/m1/s1. The summed E-state index contributed by atoms with van der Waals surface area (Å²) in [5, 5.41) is 31.3. The number of cyclic esters (lactones) is 1. The third-order valence-corrected chi connectivity index (χ3v) is 13.3. The molecule has 14 nitrogen and oxygen atoms in total. The molecule has 304 valence electrons. The van der Waals surface area contributed by atoms with Gasteiger partial charge in [0.05, 0.1) is 23.7 Å². The fraction of sp³-hybridized carbons (Fsp3) is 0.795. The summed E-state index contributed by atoms with van der Waals surface area (Å²) >= 11 is 1.66. The summed E-state index contributed by atoms with van der Waals surface area (Å²) in [6.45, 7) is 14.7. The van der Waals surface area contributed by atoms with Crippen molar-refractivity contribution >= 4 is 34.9 Å². The van der Waals surface area contributed by atoms with Gasteiger partial charge in [-0.1, -0.05) is 33.8 Å². The second-order valence-electron chi connectivity index (χ2n) is 16.5. The maximum Gasteiger partial charge on any atom is 0.425 e. The molecule has 1 aromatic rings. The molecule has 0 spiro atoms. The third kappa shape index (κ3) is 8.10. The van der Waals surface area contributed by atoms with Crippen LogP contribution >= 0.6 is 11.3 Å². The first-order chi connectivity index (χ1) is 25.4. The van der Waals surface area contributed by atoms with Gasteiger partial charge in [0, 0.05) is 36.4 Å². The minimum Gasteiger partial charge on any atom is -0.623 e. The number of ether oxygens (including phenoxy) is 5. The number of carbonyl (C=O) groups excluding carboxylic acids is 3. The first-order valence-corrected chi connectivity index (χ1v) is 20.3. The molecule has 4 aliphatic rings. The lowest BCUT2D eigenvalue weighted by Gasteiger charge is -2.47. The molecule has 2 bridgehead atoms. The predicted octanol–water partition coefficient (Wildman–Crippen LogP) is 4.45. The van der Waals surface area contributed by atoms with E-state index in [0.29, 0.717) is 31.5 Å². The van der Waals surface area contributed by atoms with Gasteiger partial charge in [-0.05, 0) is 85.3 Å². The fourth-order valence-electron chi connectivity index (χ4n) is 9.48. The van der Waals surface area contributed by atoms with Crippen LogP contribution in [0.5, 0.6) is 0 Å². The number of likely N-dealkylation sites (N-methyl/N-ethyl adjacent to an activating group) is 1. The first-order valence-electron chi connectivity index (χ1n) is 19.4. The number of Topliss-reactive ketones (excluding diaryl/α,β-unsaturated/α-hetero) is 1. The van der Waals surface area contributed by atoms with Crippen LogP contribution in [0.25, 0.3) is 0 Å². The van der Waals surface area contributed by atoms with Gasteiger partial charge < -0.3 is 38.9 Å². The Morgan fingerprint density at radius 1 is 1.13 bits per heavy atom. The number of aliphatic hydroxyl groups is 1. The van der Waals surface area contributed by atoms with E-state index in [1.807, 2.05) is 65.1 Å². The summed E-state index contributed by atoms with van der Waals surface area (Å²) < 4.78 is 32.5. The quantitative estimate of drug-likeness (QED) is 0.163. The number of rotatable bonds is 9. The normalized spacial score (nSPS) is 40.1. The molecule has 54 heavy (non-hydrogen) atoms. The van der Waals surface area contributed by atoms with Crippen LogP contribution in [0.2, 0.25) is 0 Å². The average Bonchev–Trinajstić information content (AvgIpc) is 3.70. The van der Waals surface area contributed by atoms with Gasteiger partial charge in [-0.15, -0.1) is 11.3 Å². The van der Waals surface area contributed by atoms with E-state index in [1.165, 1.54) is 18.9 Å². The van der Waals surface area contributed by atoms with Crippen LogP contribution in [0, 0.1) is 28.9 Å². The predicted molar refractivity (Wildman–Crippen MR) is 203 cm³/mol. The molecule has 1 amide bonds. The maximum absolute atomic E-state index is 14.5. The van der Waals surface area contributed by atoms with E-state index in [0.717, 1.165) is 11.2 Å². The van der Waals surface area contributed by atoms with E-state index in [4.69, 9.17) is 23.7 Å². The highest BCUT2D eigenvalue weighted by atomic mass is 32.1. The highest BCUT2D eigenvalue weighted by Gasteiger charge is 2.63. The van der Waals surface area contributed by atoms with Gasteiger partial charge >= 0.3 is 12.1 Å². The Morgan fingerprint density at radius 3 is 2.44 bits per heavy atom. The smallest absolute Gasteiger partial charge is 0.425 e. The van der Waals surface area contributed by atoms with Crippen molar-refractivity contribution < 1.29 is 47.9 Å². The Labute approximate surface area is 324 Å². The highest BCUT2D eigenvalue weighted by Crippen LogP contribution is 2.44. The Hall–Kier alpha value is -2.66. The highest BCUT2D eigenvalue weighted by molar-refractivity contribution is 7.09. The van der Waals surface area contributed by atoms with Crippen molar-refractivity contribution in [2.45, 2.75) is 141 Å². The number of methoxy groups -OCH3 is 1. The van der Waals surface area contributed by atoms with E-state index < -0.39 is 83.4 Å². The Bertz CT molecular complexity index is 1530. The molecule has 0 radical (unpaired) electrons. The largest absolute Gasteiger partial charge is 0.623 e. The van der Waals surface area contributed by atoms with Crippen molar-refractivity contribution in [3.8, 4) is 0 Å². The van der Waals surface area contributed by atoms with Crippen LogP contribution in [0.1, 0.15) is 86.0 Å². The number of hydrogen-bond acceptors (Lipinski definition) is 13. The van der Waals surface area contributed by atoms with Crippen LogP contribution in [-0.2, 0) is 39.7 Å². The van der Waals surface area contributed by atoms with Crippen LogP contribution in [0.3, 0.4) is 0 Å². The number of hydroxylamine groups is 1. The van der Waals surface area contributed by atoms with Gasteiger partial charge in [0.25, 0.3) is 0 Å². The topological polar surface area (TPSA) is 153 Å². The Kier molecular flexibility index (Phi) is 13.2. The van der Waals surface area contributed by atoms with Crippen molar-refractivity contribution in [3.63, 3.8) is 0 Å². The number of hydrogen-bond donors (Lipinski definition) is 1.